The molecule has 2 aliphatic rings. The zero-order valence-electron chi connectivity index (χ0n) is 9.98. The number of allylic oxidation sites excluding steroid dienone is 2. The molecule has 82 valence electrons. The topological polar surface area (TPSA) is 0 Å². The van der Waals surface area contributed by atoms with Gasteiger partial charge in [0.05, 0.1) is 0 Å². The molecule has 0 spiro atoms. The Morgan fingerprint density at radius 2 is 0.875 bits per heavy atom. The summed E-state index contributed by atoms with van der Waals surface area (Å²) in [5.41, 5.74) is 1.00. The van der Waals surface area contributed by atoms with E-state index in [9.17, 15) is 0 Å². The van der Waals surface area contributed by atoms with Crippen molar-refractivity contribution in [2.45, 2.75) is 13.8 Å². The van der Waals surface area contributed by atoms with Crippen LogP contribution in [0.4, 0.5) is 0 Å². The fraction of sp³-hybridized carbons (Fsp3) is 0.133. The van der Waals surface area contributed by atoms with Crippen LogP contribution >= 0.6 is 0 Å². The van der Waals surface area contributed by atoms with Crippen molar-refractivity contribution in [3.63, 3.8) is 0 Å². The minimum atomic E-state index is 0. The second-order valence-corrected chi connectivity index (χ2v) is 2.95. The van der Waals surface area contributed by atoms with Crippen LogP contribution in [0.15, 0.2) is 5.57 Å². The summed E-state index contributed by atoms with van der Waals surface area (Å²) in [6.07, 6.45) is 22.8. The van der Waals surface area contributed by atoms with Crippen molar-refractivity contribution >= 4 is 0 Å². The molecule has 0 N–H and O–H groups in total. The summed E-state index contributed by atoms with van der Waals surface area (Å²) in [4.78, 5) is 0. The quantitative estimate of drug-likeness (QED) is 0.452. The Kier molecular flexibility index (Phi) is 17.9. The summed E-state index contributed by atoms with van der Waals surface area (Å²) in [5.74, 6) is 0. The largest absolute Gasteiger partial charge is 2.00 e. The Morgan fingerprint density at radius 3 is 0.938 bits per heavy atom. The van der Waals surface area contributed by atoms with Crippen molar-refractivity contribution in [3.05, 3.63) is 82.8 Å². The third-order valence-electron chi connectivity index (χ3n) is 1.54. The van der Waals surface area contributed by atoms with Gasteiger partial charge in [-0.05, 0) is 64.2 Å². The number of hydrogen-bond donors (Lipinski definition) is 0. The molecule has 0 nitrogen and oxygen atoms in total. The molecule has 2 fully saturated rings. The van der Waals surface area contributed by atoms with Gasteiger partial charge in [0.25, 0.3) is 0 Å². The molecule has 0 atom stereocenters. The van der Waals surface area contributed by atoms with Crippen LogP contribution in [-0.4, -0.2) is 0 Å². The minimum absolute atomic E-state index is 0. The fourth-order valence-corrected chi connectivity index (χ4v) is 0.642. The van der Waals surface area contributed by atoms with Crippen LogP contribution in [0.3, 0.4) is 0 Å². The van der Waals surface area contributed by atoms with Crippen LogP contribution in [0.25, 0.3) is 0 Å². The Labute approximate surface area is 118 Å². The smallest absolute Gasteiger partial charge is 0.532 e. The first kappa shape index (κ1) is 18.7. The molecular formula is C15H18Ti. The van der Waals surface area contributed by atoms with Gasteiger partial charge in [0.2, 0.25) is 0 Å². The average Bonchev–Trinajstić information content (AvgIpc) is 2.96. The first-order valence-electron chi connectivity index (χ1n) is 4.94. The molecule has 0 aromatic rings. The Morgan fingerprint density at radius 1 is 0.750 bits per heavy atom. The van der Waals surface area contributed by atoms with Crippen molar-refractivity contribution in [3.8, 4) is 0 Å². The third kappa shape index (κ3) is 16.7. The van der Waals surface area contributed by atoms with Gasteiger partial charge < -0.3 is 18.6 Å². The van der Waals surface area contributed by atoms with E-state index in [-0.39, 0.29) is 21.7 Å². The van der Waals surface area contributed by atoms with Gasteiger partial charge in [0.1, 0.15) is 0 Å². The van der Waals surface area contributed by atoms with Gasteiger partial charge in [-0.2, -0.15) is 0 Å². The van der Waals surface area contributed by atoms with E-state index in [1.165, 1.54) is 0 Å². The van der Waals surface area contributed by atoms with Crippen molar-refractivity contribution in [1.29, 1.82) is 0 Å². The second kappa shape index (κ2) is 15.3. The molecule has 2 rings (SSSR count). The number of rotatable bonds is 0. The first-order valence-corrected chi connectivity index (χ1v) is 4.94. The summed E-state index contributed by atoms with van der Waals surface area (Å²) in [6.45, 7) is 7.33. The Hall–Kier alpha value is 0.324. The summed E-state index contributed by atoms with van der Waals surface area (Å²) >= 11 is 0. The van der Waals surface area contributed by atoms with E-state index >= 15 is 0 Å². The maximum atomic E-state index is 3.56. The molecule has 0 heterocycles. The van der Waals surface area contributed by atoms with Crippen molar-refractivity contribution in [1.82, 2.24) is 0 Å². The Bertz CT molecular complexity index is 112. The van der Waals surface area contributed by atoms with Crippen LogP contribution in [0, 0.1) is 77.2 Å². The molecule has 0 aromatic carbocycles. The van der Waals surface area contributed by atoms with E-state index in [4.69, 9.17) is 0 Å². The van der Waals surface area contributed by atoms with E-state index in [0.717, 1.165) is 5.57 Å². The molecule has 0 bridgehead atoms. The molecule has 2 aliphatic carbocycles. The maximum Gasteiger partial charge on any atom is 2.00 e. The average molecular weight is 246 g/mol. The van der Waals surface area contributed by atoms with Crippen molar-refractivity contribution in [2.24, 2.45) is 0 Å². The molecule has 0 aromatic heterocycles. The zero-order chi connectivity index (χ0) is 11.4. The van der Waals surface area contributed by atoms with Crippen LogP contribution < -0.4 is 0 Å². The van der Waals surface area contributed by atoms with E-state index < -0.39 is 0 Å². The molecule has 0 amide bonds. The summed E-state index contributed by atoms with van der Waals surface area (Å²) < 4.78 is 0. The molecule has 0 unspecified atom stereocenters. The third-order valence-corrected chi connectivity index (χ3v) is 1.54. The van der Waals surface area contributed by atoms with Crippen molar-refractivity contribution in [2.75, 3.05) is 0 Å². The zero-order valence-corrected chi connectivity index (χ0v) is 11.5. The van der Waals surface area contributed by atoms with Gasteiger partial charge in [0.15, 0.2) is 0 Å². The van der Waals surface area contributed by atoms with E-state index in [2.05, 4.69) is 13.0 Å². The van der Waals surface area contributed by atoms with Crippen LogP contribution in [-0.2, 0) is 21.7 Å². The maximum absolute atomic E-state index is 3.56. The summed E-state index contributed by atoms with van der Waals surface area (Å²) in [6, 6.07) is 0. The van der Waals surface area contributed by atoms with Crippen molar-refractivity contribution < 1.29 is 21.7 Å². The molecule has 10 radical (unpaired) electrons. The van der Waals surface area contributed by atoms with Gasteiger partial charge in [0, 0.05) is 0 Å². The molecule has 0 aliphatic heterocycles. The van der Waals surface area contributed by atoms with Gasteiger partial charge >= 0.3 is 21.7 Å². The number of hydrogen-bond acceptors (Lipinski definition) is 0. The summed E-state index contributed by atoms with van der Waals surface area (Å²) in [7, 11) is 0. The SMILES string of the molecule is [CH2-]C(C)=[C-]C.[CH]1[CH][CH][CH][CH]1.[CH]1[CH][CH][CH][CH]1.[Ti+2]. The predicted molar refractivity (Wildman–Crippen MR) is 66.5 cm³/mol. The van der Waals surface area contributed by atoms with Gasteiger partial charge in [-0.15, -0.1) is 6.92 Å². The predicted octanol–water partition coefficient (Wildman–Crippen LogP) is 3.63. The molecule has 2 saturated carbocycles. The minimum Gasteiger partial charge on any atom is -0.532 e. The monoisotopic (exact) mass is 246 g/mol. The second-order valence-electron chi connectivity index (χ2n) is 2.95. The normalized spacial score (nSPS) is 18.8. The molecule has 1 heteroatoms. The molecule has 0 saturated heterocycles. The van der Waals surface area contributed by atoms with E-state index in [0.29, 0.717) is 0 Å². The van der Waals surface area contributed by atoms with Gasteiger partial charge in [-0.1, -0.05) is 0 Å². The molecular weight excluding hydrogens is 228 g/mol. The van der Waals surface area contributed by atoms with Gasteiger partial charge in [-0.3, -0.25) is 0 Å². The first-order chi connectivity index (χ1) is 7.27. The van der Waals surface area contributed by atoms with Crippen LogP contribution in [0.5, 0.6) is 0 Å². The standard InChI is InChI=1S/2C5H5.C5H8.Ti/c2*1-2-4-5-3-1;1-4-5(2)3;/h2*1-5H;2H2,1,3H3;/q;;-2;+2. The summed E-state index contributed by atoms with van der Waals surface area (Å²) in [5, 5.41) is 0. The van der Waals surface area contributed by atoms with Crippen LogP contribution in [0.1, 0.15) is 13.8 Å². The van der Waals surface area contributed by atoms with E-state index in [1.807, 2.05) is 78.1 Å². The fourth-order valence-electron chi connectivity index (χ4n) is 0.642. The van der Waals surface area contributed by atoms with Gasteiger partial charge in [-0.25, -0.2) is 6.92 Å². The van der Waals surface area contributed by atoms with Crippen LogP contribution in [0.2, 0.25) is 0 Å². The molecule has 16 heavy (non-hydrogen) atoms. The Balaban J connectivity index is 0. The van der Waals surface area contributed by atoms with E-state index in [1.54, 1.807) is 0 Å².